The number of carbonyl (C=O) groups is 5. The van der Waals surface area contributed by atoms with Gasteiger partial charge in [-0.25, -0.2) is 24.3 Å². The SMILES string of the molecule is COc1cncc(NC23CC(NC(=O)COc4ccc(Cl)c(F)c4)(C2)C3)n1.Cc1cc(OCC(=O)NC23CC(Nc4cc(C(F)(F)F)ccn4)(C2)C3)ccc1Cl.Cc1cc(OCC(=O)NC23CC(Nc4cccc(-n5ccccc5=O)n4)(C2)C3)ccc1Cl.Cc1cc(OCC(=O)NC23CC(Nc4ccncc4C#N)(C2)C3)ccc1Cl.Cc1cc(OCC(=O)NC23CC(Nc4cnc(C(F)(F)F)nc4)(C2)C3)ccc1Cl. The van der Waals surface area contributed by atoms with Crippen LogP contribution in [0.15, 0.2) is 200 Å². The molecule has 6 heterocycles. The van der Waals surface area contributed by atoms with Gasteiger partial charge in [0, 0.05) is 112 Å². The number of nitrogens with one attached hydrogen (secondary N) is 10. The zero-order valence-electron chi connectivity index (χ0n) is 78.1. The molecule has 15 fully saturated rings. The van der Waals surface area contributed by atoms with Crippen LogP contribution in [-0.2, 0) is 36.3 Å². The van der Waals surface area contributed by atoms with Crippen molar-refractivity contribution in [2.75, 3.05) is 66.7 Å². The number of aryl methyl sites for hydroxylation is 4. The Bertz CT molecular complexity index is 6790. The number of anilines is 5. The van der Waals surface area contributed by atoms with E-state index in [1.807, 2.05) is 58.0 Å². The Kier molecular flexibility index (Phi) is 28.3. The van der Waals surface area contributed by atoms with Gasteiger partial charge in [-0.2, -0.15) is 36.6 Å². The predicted octanol–water partition coefficient (Wildman–Crippen LogP) is 17.3. The van der Waals surface area contributed by atoms with Crippen molar-refractivity contribution < 1.29 is 83.1 Å². The molecule has 5 aromatic carbocycles. The first-order valence-corrected chi connectivity index (χ1v) is 47.6. The molecule has 10 N–H and O–H groups in total. The summed E-state index contributed by atoms with van der Waals surface area (Å²) in [7, 11) is 1.54. The summed E-state index contributed by atoms with van der Waals surface area (Å²) in [5.41, 5.74) is 2.64. The summed E-state index contributed by atoms with van der Waals surface area (Å²) < 4.78 is 123. The summed E-state index contributed by atoms with van der Waals surface area (Å²) >= 11 is 29.6. The van der Waals surface area contributed by atoms with Gasteiger partial charge in [-0.15, -0.1) is 0 Å². The molecule has 0 radical (unpaired) electrons. The van der Waals surface area contributed by atoms with Crippen LogP contribution >= 0.6 is 58.0 Å². The Balaban J connectivity index is 0.000000124. The second-order valence-electron chi connectivity index (χ2n) is 39.0. The van der Waals surface area contributed by atoms with Gasteiger partial charge >= 0.3 is 12.4 Å². The summed E-state index contributed by atoms with van der Waals surface area (Å²) in [4.78, 5) is 101. The lowest BCUT2D eigenvalue weighted by Gasteiger charge is -2.70. The van der Waals surface area contributed by atoms with Crippen LogP contribution < -0.4 is 87.1 Å². The number of methoxy groups -OCH3 is 1. The maximum Gasteiger partial charge on any atom is 0.451 e. The summed E-state index contributed by atoms with van der Waals surface area (Å²) in [5.74, 6) is 2.55. The zero-order valence-corrected chi connectivity index (χ0v) is 81.9. The molecule has 0 saturated heterocycles. The van der Waals surface area contributed by atoms with E-state index >= 15 is 0 Å². The maximum absolute atomic E-state index is 13.4. The van der Waals surface area contributed by atoms with Crippen LogP contribution in [0.25, 0.3) is 5.82 Å². The number of carbonyl (C=O) groups excluding carboxylic acids is 5. The number of hydrogen-bond donors (Lipinski definition) is 10. The smallest absolute Gasteiger partial charge is 0.451 e. The number of benzene rings is 5. The van der Waals surface area contributed by atoms with Crippen LogP contribution in [-0.4, -0.2) is 165 Å². The van der Waals surface area contributed by atoms with Crippen LogP contribution in [0.1, 0.15) is 136 Å². The highest BCUT2D eigenvalue weighted by Gasteiger charge is 2.73. The van der Waals surface area contributed by atoms with Crippen molar-refractivity contribution in [1.29, 1.82) is 5.26 Å². The standard InChI is InChI=1S/C24H23ClN4O3.C20H19ClF3N3O2.C20H19ClN4O2.C19H18ClF3N4O2.C18H18ClFN4O3/c1-16-11-17(8-9-18(16)25)32-12-21(30)28-24-13-23(14-24,15-24)27-19-5-4-6-20(26-19)29-10-3-2-7-22(29)31;1-12-6-14(2-3-15(12)21)29-8-17(28)27-19-9-18(10-19,11-19)26-16-7-13(4-5-25-16)20(22,23)24;1-13-6-15(2-3-16(13)21)27-9-18(26)25-20-10-19(11-20,12-20)24-17-4-5-23-8-14(17)7-22;1-11-4-13(2-3-14(11)20)29-7-15(28)27-18-8-17(9-18,10-18)26-12-5-24-16(25-6-12)19(21,22)23;1-26-16-6-21-5-14(22-16)23-17-8-18(9-17,10-17)24-15(25)7-27-11-2-3-12(19)13(20)4-11/h2-11H,12-15H2,1H3,(H,26,27)(H,28,30);2-7H,8-11H2,1H3,(H,25,26)(H,27,28);2-6,8H,9-12H2,1H3,(H,23,24)(H,25,26);2-6,26H,7-10H2,1H3,(H,27,28);2-6H,7-10H2,1H3,(H,22,23)(H,24,25). The number of ether oxygens (including phenoxy) is 6. The minimum Gasteiger partial charge on any atom is -0.484 e. The second-order valence-corrected chi connectivity index (χ2v) is 41.0. The van der Waals surface area contributed by atoms with Crippen molar-refractivity contribution >= 4 is 116 Å². The molecule has 11 aromatic rings. The van der Waals surface area contributed by atoms with E-state index in [4.69, 9.17) is 91.7 Å². The number of hydrogen-bond acceptors (Lipinski definition) is 25. The van der Waals surface area contributed by atoms with Gasteiger partial charge in [0.25, 0.3) is 35.1 Å². The second kappa shape index (κ2) is 40.1. The average Bonchev–Trinajstić information content (AvgIpc) is 0.701. The lowest BCUT2D eigenvalue weighted by Crippen LogP contribution is -2.81. The summed E-state index contributed by atoms with van der Waals surface area (Å²) in [6, 6.07) is 41.6. The van der Waals surface area contributed by atoms with Gasteiger partial charge in [-0.05, 0) is 268 Å². The fourth-order valence-corrected chi connectivity index (χ4v) is 21.6. The van der Waals surface area contributed by atoms with E-state index in [-0.39, 0.29) is 140 Å². The van der Waals surface area contributed by atoms with Gasteiger partial charge in [-0.1, -0.05) is 70.1 Å². The summed E-state index contributed by atoms with van der Waals surface area (Å²) in [6.07, 6.45) is 14.0. The quantitative estimate of drug-likeness (QED) is 0.0175. The van der Waals surface area contributed by atoms with E-state index in [0.717, 1.165) is 128 Å². The van der Waals surface area contributed by atoms with Crippen LogP contribution in [0, 0.1) is 44.8 Å². The predicted molar refractivity (Wildman–Crippen MR) is 523 cm³/mol. The third-order valence-electron chi connectivity index (χ3n) is 27.0. The molecule has 6 aromatic heterocycles. The lowest BCUT2D eigenvalue weighted by atomic mass is 9.44. The Morgan fingerprint density at radius 3 is 1.19 bits per heavy atom. The van der Waals surface area contributed by atoms with Crippen molar-refractivity contribution in [3.05, 3.63) is 276 Å². The van der Waals surface area contributed by atoms with Gasteiger partial charge in [0.05, 0.1) is 59.4 Å². The van der Waals surface area contributed by atoms with E-state index in [1.165, 1.54) is 22.8 Å². The lowest BCUT2D eigenvalue weighted by molar-refractivity contribution is -0.145. The van der Waals surface area contributed by atoms with Crippen LogP contribution in [0.2, 0.25) is 25.1 Å². The minimum atomic E-state index is -4.56. The first-order chi connectivity index (χ1) is 68.3. The topological polar surface area (TPSA) is 397 Å². The zero-order chi connectivity index (χ0) is 102. The highest BCUT2D eigenvalue weighted by Crippen LogP contribution is 2.66. The Morgan fingerprint density at radius 2 is 0.799 bits per heavy atom. The molecule has 144 heavy (non-hydrogen) atoms. The largest absolute Gasteiger partial charge is 0.484 e. The van der Waals surface area contributed by atoms with Crippen molar-refractivity contribution in [3.63, 3.8) is 0 Å². The molecule has 15 aliphatic rings. The fourth-order valence-electron chi connectivity index (χ4n) is 21.0. The molecule has 5 amide bonds. The molecule has 31 nitrogen and oxygen atoms in total. The normalized spacial score (nSPS) is 24.4. The van der Waals surface area contributed by atoms with Crippen LogP contribution in [0.4, 0.5) is 59.6 Å². The fraction of sp³-hybridized carbons (Fsp3) is 0.366. The van der Waals surface area contributed by atoms with Crippen molar-refractivity contribution in [1.82, 2.24) is 66.0 Å². The van der Waals surface area contributed by atoms with E-state index in [0.29, 0.717) is 110 Å². The van der Waals surface area contributed by atoms with Gasteiger partial charge < -0.3 is 81.6 Å². The summed E-state index contributed by atoms with van der Waals surface area (Å²) in [6.45, 7) is 7.05. The van der Waals surface area contributed by atoms with E-state index in [9.17, 15) is 59.5 Å². The monoisotopic (exact) mass is 2080 g/mol. The van der Waals surface area contributed by atoms with Gasteiger partial charge in [0.1, 0.15) is 63.9 Å². The molecular weight excluding hydrogens is 1980 g/mol. The Morgan fingerprint density at radius 1 is 0.403 bits per heavy atom. The number of aromatic nitrogens is 8. The Hall–Kier alpha value is -13.7. The molecule has 10 bridgehead atoms. The number of pyridine rings is 4. The van der Waals surface area contributed by atoms with Gasteiger partial charge in [-0.3, -0.25) is 43.3 Å². The van der Waals surface area contributed by atoms with E-state index in [2.05, 4.69) is 94.1 Å². The first-order valence-electron chi connectivity index (χ1n) is 45.7. The van der Waals surface area contributed by atoms with Crippen molar-refractivity contribution in [3.8, 4) is 46.5 Å². The number of nitriles is 1. The van der Waals surface area contributed by atoms with E-state index in [1.54, 1.807) is 117 Å². The number of amides is 5. The number of nitrogens with zero attached hydrogens (tertiary/aromatic N) is 9. The van der Waals surface area contributed by atoms with Gasteiger partial charge in [0.2, 0.25) is 11.7 Å². The Labute approximate surface area is 846 Å². The van der Waals surface area contributed by atoms with Crippen LogP contribution in [0.5, 0.6) is 34.6 Å². The molecule has 15 aliphatic carbocycles. The van der Waals surface area contributed by atoms with Crippen molar-refractivity contribution in [2.24, 2.45) is 0 Å². The molecule has 752 valence electrons. The average molecular weight is 2080 g/mol. The third kappa shape index (κ3) is 23.3. The highest BCUT2D eigenvalue weighted by molar-refractivity contribution is 6.32. The third-order valence-corrected chi connectivity index (χ3v) is 29.0. The van der Waals surface area contributed by atoms with E-state index < -0.39 is 29.6 Å². The molecule has 0 spiro atoms. The molecular formula is C101H97Cl5F7N19O12. The molecule has 0 unspecified atom stereocenters. The first kappa shape index (κ1) is 102. The maximum atomic E-state index is 13.4. The number of alkyl halides is 6. The highest BCUT2D eigenvalue weighted by atomic mass is 35.5. The molecule has 0 atom stereocenters. The van der Waals surface area contributed by atoms with Gasteiger partial charge in [0.15, 0.2) is 33.0 Å². The molecule has 26 rings (SSSR count). The summed E-state index contributed by atoms with van der Waals surface area (Å²) in [5, 5.41) is 43.5. The number of halogens is 12. The van der Waals surface area contributed by atoms with Crippen LogP contribution in [0.3, 0.4) is 0 Å². The molecule has 43 heteroatoms. The molecule has 15 saturated carbocycles. The van der Waals surface area contributed by atoms with Crippen molar-refractivity contribution in [2.45, 2.75) is 192 Å². The number of rotatable bonds is 32. The molecule has 0 aliphatic heterocycles. The minimum absolute atomic E-state index is 0.0131.